The van der Waals surface area contributed by atoms with E-state index in [1.807, 2.05) is 0 Å². The van der Waals surface area contributed by atoms with Crippen LogP contribution in [0.5, 0.6) is 0 Å². The zero-order valence-corrected chi connectivity index (χ0v) is 19.1. The molecule has 0 atom stereocenters. The Balaban J connectivity index is 1.32. The summed E-state index contributed by atoms with van der Waals surface area (Å²) < 4.78 is 25.0. The van der Waals surface area contributed by atoms with Gasteiger partial charge in [0.25, 0.3) is 6.08 Å². The average molecular weight is 435 g/mol. The molecule has 0 radical (unpaired) electrons. The van der Waals surface area contributed by atoms with Crippen molar-refractivity contribution in [3.63, 3.8) is 0 Å². The number of halogens is 2. The Kier molecular flexibility index (Phi) is 7.95. The fraction of sp³-hybridized carbons (Fsp3) is 0.467. The van der Waals surface area contributed by atoms with E-state index in [-0.39, 0.29) is 5.92 Å². The molecule has 0 saturated heterocycles. The SMILES string of the molecule is C=CCCC1CCC(c2ccc(-c3ccc(C4CCC(C=C(F)F)CC4)cc3)cc2)CC1. The predicted octanol–water partition coefficient (Wildman–Crippen LogP) is 9.65. The summed E-state index contributed by atoms with van der Waals surface area (Å²) in [5.74, 6) is 2.15. The molecule has 0 aliphatic heterocycles. The molecule has 0 bridgehead atoms. The van der Waals surface area contributed by atoms with Crippen LogP contribution in [0.25, 0.3) is 11.1 Å². The lowest BCUT2D eigenvalue weighted by Gasteiger charge is -2.28. The molecule has 2 aromatic rings. The van der Waals surface area contributed by atoms with Crippen molar-refractivity contribution in [2.75, 3.05) is 0 Å². The Hall–Kier alpha value is -2.22. The maximum absolute atomic E-state index is 12.5. The summed E-state index contributed by atoms with van der Waals surface area (Å²) in [6.07, 6.45) is 13.2. The summed E-state index contributed by atoms with van der Waals surface area (Å²) in [4.78, 5) is 0. The first-order chi connectivity index (χ1) is 15.6. The van der Waals surface area contributed by atoms with Gasteiger partial charge in [-0.25, -0.2) is 0 Å². The largest absolute Gasteiger partial charge is 0.266 e. The fourth-order valence-corrected chi connectivity index (χ4v) is 5.83. The molecule has 2 saturated carbocycles. The van der Waals surface area contributed by atoms with Crippen molar-refractivity contribution < 1.29 is 8.78 Å². The molecule has 2 aliphatic carbocycles. The predicted molar refractivity (Wildman–Crippen MR) is 131 cm³/mol. The van der Waals surface area contributed by atoms with Crippen LogP contribution in [0.4, 0.5) is 8.78 Å². The second-order valence-electron chi connectivity index (χ2n) is 9.90. The molecule has 2 fully saturated rings. The molecule has 4 rings (SSSR count). The molecule has 0 spiro atoms. The molecule has 170 valence electrons. The molecule has 2 heteroatoms. The summed E-state index contributed by atoms with van der Waals surface area (Å²) in [5.41, 5.74) is 5.36. The van der Waals surface area contributed by atoms with Gasteiger partial charge in [0.15, 0.2) is 0 Å². The molecule has 2 aromatic carbocycles. The third-order valence-electron chi connectivity index (χ3n) is 7.86. The van der Waals surface area contributed by atoms with Crippen molar-refractivity contribution in [3.8, 4) is 11.1 Å². The van der Waals surface area contributed by atoms with Gasteiger partial charge < -0.3 is 0 Å². The summed E-state index contributed by atoms with van der Waals surface area (Å²) in [5, 5.41) is 0. The minimum Gasteiger partial charge on any atom is -0.174 e. The molecule has 0 unspecified atom stereocenters. The molecule has 0 aromatic heterocycles. The summed E-state index contributed by atoms with van der Waals surface area (Å²) >= 11 is 0. The highest BCUT2D eigenvalue weighted by Gasteiger charge is 2.23. The van der Waals surface area contributed by atoms with Gasteiger partial charge >= 0.3 is 0 Å². The Morgan fingerprint density at radius 1 is 0.719 bits per heavy atom. The van der Waals surface area contributed by atoms with Crippen molar-refractivity contribution in [3.05, 3.63) is 84.5 Å². The van der Waals surface area contributed by atoms with Crippen molar-refractivity contribution in [1.82, 2.24) is 0 Å². The Morgan fingerprint density at radius 2 is 1.19 bits per heavy atom. The minimum atomic E-state index is -1.53. The van der Waals surface area contributed by atoms with E-state index in [1.165, 1.54) is 54.4 Å². The maximum Gasteiger partial charge on any atom is 0.266 e. The molecule has 0 nitrogen and oxygen atoms in total. The van der Waals surface area contributed by atoms with Crippen LogP contribution in [0.3, 0.4) is 0 Å². The zero-order valence-electron chi connectivity index (χ0n) is 19.1. The normalized spacial score (nSPS) is 25.8. The molecule has 0 amide bonds. The van der Waals surface area contributed by atoms with Crippen molar-refractivity contribution in [2.24, 2.45) is 11.8 Å². The van der Waals surface area contributed by atoms with Gasteiger partial charge in [0.2, 0.25) is 0 Å². The second kappa shape index (κ2) is 11.1. The Morgan fingerprint density at radius 3 is 1.62 bits per heavy atom. The smallest absolute Gasteiger partial charge is 0.174 e. The first-order valence-electron chi connectivity index (χ1n) is 12.5. The van der Waals surface area contributed by atoms with E-state index in [0.29, 0.717) is 11.8 Å². The van der Waals surface area contributed by atoms with Crippen LogP contribution in [0.2, 0.25) is 0 Å². The van der Waals surface area contributed by atoms with E-state index >= 15 is 0 Å². The summed E-state index contributed by atoms with van der Waals surface area (Å²) in [7, 11) is 0. The summed E-state index contributed by atoms with van der Waals surface area (Å²) in [6, 6.07) is 18.1. The molecule has 0 N–H and O–H groups in total. The molecular weight excluding hydrogens is 398 g/mol. The second-order valence-corrected chi connectivity index (χ2v) is 9.90. The van der Waals surface area contributed by atoms with E-state index in [2.05, 4.69) is 61.2 Å². The average Bonchev–Trinajstić information content (AvgIpc) is 2.83. The first-order valence-corrected chi connectivity index (χ1v) is 12.5. The van der Waals surface area contributed by atoms with Crippen LogP contribution in [0, 0.1) is 11.8 Å². The van der Waals surface area contributed by atoms with Crippen molar-refractivity contribution >= 4 is 0 Å². The zero-order chi connectivity index (χ0) is 22.3. The van der Waals surface area contributed by atoms with Gasteiger partial charge in [-0.05, 0) is 116 Å². The molecule has 32 heavy (non-hydrogen) atoms. The highest BCUT2D eigenvalue weighted by molar-refractivity contribution is 5.64. The minimum absolute atomic E-state index is 0.0521. The van der Waals surface area contributed by atoms with E-state index in [4.69, 9.17) is 0 Å². The lowest BCUT2D eigenvalue weighted by Crippen LogP contribution is -2.13. The van der Waals surface area contributed by atoms with E-state index in [1.54, 1.807) is 0 Å². The summed E-state index contributed by atoms with van der Waals surface area (Å²) in [6.45, 7) is 3.86. The Labute approximate surface area is 192 Å². The van der Waals surface area contributed by atoms with E-state index in [9.17, 15) is 8.78 Å². The van der Waals surface area contributed by atoms with Crippen LogP contribution in [-0.4, -0.2) is 0 Å². The van der Waals surface area contributed by atoms with Crippen LogP contribution in [0.1, 0.15) is 87.2 Å². The van der Waals surface area contributed by atoms with E-state index in [0.717, 1.165) is 44.1 Å². The standard InChI is InChI=1S/C30H36F2/c1-2-3-4-22-5-9-24(10-6-22)26-13-17-28(18-14-26)29-19-15-27(16-20-29)25-11-7-23(8-12-25)21-30(31)32/h2,13-25H,1,3-12H2. The number of allylic oxidation sites excluding steroid dienone is 2. The van der Waals surface area contributed by atoms with Crippen LogP contribution in [-0.2, 0) is 0 Å². The van der Waals surface area contributed by atoms with Crippen LogP contribution < -0.4 is 0 Å². The van der Waals surface area contributed by atoms with Gasteiger partial charge in [-0.2, -0.15) is 8.78 Å². The monoisotopic (exact) mass is 434 g/mol. The number of hydrogen-bond donors (Lipinski definition) is 0. The molecular formula is C30H36F2. The van der Waals surface area contributed by atoms with E-state index < -0.39 is 6.08 Å². The van der Waals surface area contributed by atoms with Gasteiger partial charge in [0.1, 0.15) is 0 Å². The van der Waals surface area contributed by atoms with Crippen molar-refractivity contribution in [1.29, 1.82) is 0 Å². The number of rotatable bonds is 7. The number of benzene rings is 2. The van der Waals surface area contributed by atoms with Gasteiger partial charge in [-0.1, -0.05) is 54.6 Å². The lowest BCUT2D eigenvalue weighted by atomic mass is 9.77. The topological polar surface area (TPSA) is 0 Å². The van der Waals surface area contributed by atoms with Gasteiger partial charge in [-0.3, -0.25) is 0 Å². The highest BCUT2D eigenvalue weighted by atomic mass is 19.3. The van der Waals surface area contributed by atoms with Gasteiger partial charge in [0, 0.05) is 0 Å². The molecule has 2 aliphatic rings. The van der Waals surface area contributed by atoms with Gasteiger partial charge in [0.05, 0.1) is 0 Å². The first kappa shape index (κ1) is 23.0. The molecule has 0 heterocycles. The number of hydrogen-bond acceptors (Lipinski definition) is 0. The maximum atomic E-state index is 12.5. The highest BCUT2D eigenvalue weighted by Crippen LogP contribution is 2.39. The third kappa shape index (κ3) is 5.97. The van der Waals surface area contributed by atoms with Crippen LogP contribution in [0.15, 0.2) is 73.3 Å². The quantitative estimate of drug-likeness (QED) is 0.380. The van der Waals surface area contributed by atoms with Gasteiger partial charge in [-0.15, -0.1) is 6.58 Å². The fourth-order valence-electron chi connectivity index (χ4n) is 5.83. The lowest BCUT2D eigenvalue weighted by molar-refractivity contribution is 0.312. The third-order valence-corrected chi connectivity index (χ3v) is 7.86. The van der Waals surface area contributed by atoms with Crippen LogP contribution >= 0.6 is 0 Å². The Bertz CT molecular complexity index is 873. The van der Waals surface area contributed by atoms with Crippen molar-refractivity contribution in [2.45, 2.75) is 76.0 Å².